The Morgan fingerprint density at radius 2 is 1.86 bits per heavy atom. The largest absolute Gasteiger partial charge is 0.206 e. The first-order valence-electron chi connectivity index (χ1n) is 5.54. The van der Waals surface area contributed by atoms with Crippen LogP contribution in [0.5, 0.6) is 0 Å². The van der Waals surface area contributed by atoms with Gasteiger partial charge in [-0.15, -0.1) is 0 Å². The summed E-state index contributed by atoms with van der Waals surface area (Å²) in [6.45, 7) is 1.85. The molecule has 0 nitrogen and oxygen atoms in total. The summed E-state index contributed by atoms with van der Waals surface area (Å²) in [6.07, 6.45) is 6.18. The Balaban J connectivity index is 2.26. The van der Waals surface area contributed by atoms with Crippen molar-refractivity contribution in [2.45, 2.75) is 44.9 Å². The van der Waals surface area contributed by atoms with Crippen molar-refractivity contribution in [3.05, 3.63) is 35.1 Å². The molecule has 0 unspecified atom stereocenters. The van der Waals surface area contributed by atoms with Crippen LogP contribution in [0.4, 0.5) is 4.39 Å². The minimum absolute atomic E-state index is 0.0272. The fourth-order valence-corrected chi connectivity index (χ4v) is 2.40. The van der Waals surface area contributed by atoms with Gasteiger partial charge in [-0.1, -0.05) is 37.5 Å². The molecule has 76 valence electrons. The van der Waals surface area contributed by atoms with Crippen molar-refractivity contribution < 1.29 is 4.39 Å². The molecular formula is C13H17F. The molecule has 1 fully saturated rings. The lowest BCUT2D eigenvalue weighted by Crippen LogP contribution is -2.07. The minimum Gasteiger partial charge on any atom is -0.206 e. The van der Waals surface area contributed by atoms with E-state index in [1.165, 1.54) is 32.1 Å². The number of halogens is 1. The molecule has 0 atom stereocenters. The second-order valence-corrected chi connectivity index (χ2v) is 4.31. The van der Waals surface area contributed by atoms with Gasteiger partial charge >= 0.3 is 0 Å². The Morgan fingerprint density at radius 1 is 1.14 bits per heavy atom. The Labute approximate surface area is 85.1 Å². The third-order valence-electron chi connectivity index (χ3n) is 3.27. The lowest BCUT2D eigenvalue weighted by atomic mass is 9.83. The zero-order valence-corrected chi connectivity index (χ0v) is 8.72. The molecule has 0 aliphatic heterocycles. The van der Waals surface area contributed by atoms with Gasteiger partial charge in [0.1, 0.15) is 5.82 Å². The smallest absolute Gasteiger partial charge is 0.129 e. The Kier molecular flexibility index (Phi) is 2.85. The predicted molar refractivity (Wildman–Crippen MR) is 57.0 cm³/mol. The summed E-state index contributed by atoms with van der Waals surface area (Å²) in [5, 5.41) is 0. The third-order valence-corrected chi connectivity index (χ3v) is 3.27. The molecule has 0 radical (unpaired) electrons. The van der Waals surface area contributed by atoms with Gasteiger partial charge in [-0.25, -0.2) is 4.39 Å². The van der Waals surface area contributed by atoms with Crippen LogP contribution in [0.3, 0.4) is 0 Å². The van der Waals surface area contributed by atoms with Crippen LogP contribution in [0.15, 0.2) is 18.2 Å². The fourth-order valence-electron chi connectivity index (χ4n) is 2.40. The summed E-state index contributed by atoms with van der Waals surface area (Å²) in [4.78, 5) is 0. The highest BCUT2D eigenvalue weighted by molar-refractivity contribution is 5.28. The van der Waals surface area contributed by atoms with Crippen molar-refractivity contribution in [3.8, 4) is 0 Å². The van der Waals surface area contributed by atoms with Gasteiger partial charge in [0.15, 0.2) is 0 Å². The maximum Gasteiger partial charge on any atom is 0.129 e. The van der Waals surface area contributed by atoms with E-state index in [1.807, 2.05) is 25.1 Å². The van der Waals surface area contributed by atoms with Gasteiger partial charge in [0.25, 0.3) is 0 Å². The molecule has 2 rings (SSSR count). The van der Waals surface area contributed by atoms with Crippen molar-refractivity contribution in [3.63, 3.8) is 0 Å². The van der Waals surface area contributed by atoms with Crippen LogP contribution in [0, 0.1) is 12.7 Å². The quantitative estimate of drug-likeness (QED) is 0.626. The van der Waals surface area contributed by atoms with E-state index in [2.05, 4.69) is 0 Å². The third kappa shape index (κ3) is 1.82. The number of hydrogen-bond donors (Lipinski definition) is 0. The molecule has 1 aromatic carbocycles. The molecule has 14 heavy (non-hydrogen) atoms. The van der Waals surface area contributed by atoms with Crippen LogP contribution < -0.4 is 0 Å². The maximum absolute atomic E-state index is 13.8. The molecule has 1 saturated carbocycles. The molecular weight excluding hydrogens is 175 g/mol. The summed E-state index contributed by atoms with van der Waals surface area (Å²) in [6, 6.07) is 5.78. The van der Waals surface area contributed by atoms with Crippen LogP contribution in [-0.4, -0.2) is 0 Å². The number of benzene rings is 1. The van der Waals surface area contributed by atoms with Crippen LogP contribution in [0.25, 0.3) is 0 Å². The summed E-state index contributed by atoms with van der Waals surface area (Å²) in [5.41, 5.74) is 1.73. The lowest BCUT2D eigenvalue weighted by molar-refractivity contribution is 0.429. The highest BCUT2D eigenvalue weighted by atomic mass is 19.1. The molecule has 1 aromatic rings. The van der Waals surface area contributed by atoms with E-state index in [9.17, 15) is 4.39 Å². The van der Waals surface area contributed by atoms with Gasteiger partial charge in [-0.05, 0) is 36.8 Å². The zero-order chi connectivity index (χ0) is 9.97. The Hall–Kier alpha value is -0.850. The number of hydrogen-bond acceptors (Lipinski definition) is 0. The average Bonchev–Trinajstić information content (AvgIpc) is 2.23. The minimum atomic E-state index is 0.0272. The van der Waals surface area contributed by atoms with E-state index in [0.717, 1.165) is 11.1 Å². The summed E-state index contributed by atoms with van der Waals surface area (Å²) >= 11 is 0. The van der Waals surface area contributed by atoms with Gasteiger partial charge < -0.3 is 0 Å². The zero-order valence-electron chi connectivity index (χ0n) is 8.72. The number of aryl methyl sites for hydroxylation is 1. The normalized spacial score (nSPS) is 18.4. The van der Waals surface area contributed by atoms with Gasteiger partial charge in [0, 0.05) is 0 Å². The van der Waals surface area contributed by atoms with Gasteiger partial charge in [-0.3, -0.25) is 0 Å². The van der Waals surface area contributed by atoms with E-state index in [1.54, 1.807) is 0 Å². The first kappa shape index (κ1) is 9.70. The Bertz CT molecular complexity index is 311. The second kappa shape index (κ2) is 4.12. The molecule has 0 saturated heterocycles. The molecule has 0 spiro atoms. The van der Waals surface area contributed by atoms with Crippen LogP contribution in [0.2, 0.25) is 0 Å². The first-order chi connectivity index (χ1) is 6.79. The number of rotatable bonds is 1. The highest BCUT2D eigenvalue weighted by Gasteiger charge is 2.18. The van der Waals surface area contributed by atoms with E-state index in [0.29, 0.717) is 5.92 Å². The van der Waals surface area contributed by atoms with Crippen LogP contribution in [-0.2, 0) is 0 Å². The molecule has 0 bridgehead atoms. The van der Waals surface area contributed by atoms with Crippen molar-refractivity contribution >= 4 is 0 Å². The standard InChI is InChI=1S/C13H17F/c1-10-6-5-9-12(13(10)14)11-7-3-2-4-8-11/h5-6,9,11H,2-4,7-8H2,1H3. The summed E-state index contributed by atoms with van der Waals surface area (Å²) in [7, 11) is 0. The molecule has 0 heterocycles. The van der Waals surface area contributed by atoms with Gasteiger partial charge in [-0.2, -0.15) is 0 Å². The lowest BCUT2D eigenvalue weighted by Gasteiger charge is -2.22. The van der Waals surface area contributed by atoms with Crippen LogP contribution in [0.1, 0.15) is 49.1 Å². The molecule has 1 aliphatic rings. The van der Waals surface area contributed by atoms with E-state index in [-0.39, 0.29) is 5.82 Å². The first-order valence-corrected chi connectivity index (χ1v) is 5.54. The molecule has 1 aliphatic carbocycles. The highest BCUT2D eigenvalue weighted by Crippen LogP contribution is 2.34. The predicted octanol–water partition coefficient (Wildman–Crippen LogP) is 4.18. The SMILES string of the molecule is Cc1cccc(C2CCCCC2)c1F. The van der Waals surface area contributed by atoms with Crippen LogP contribution >= 0.6 is 0 Å². The molecule has 1 heteroatoms. The monoisotopic (exact) mass is 192 g/mol. The van der Waals surface area contributed by atoms with Crippen molar-refractivity contribution in [1.29, 1.82) is 0 Å². The topological polar surface area (TPSA) is 0 Å². The van der Waals surface area contributed by atoms with E-state index >= 15 is 0 Å². The fraction of sp³-hybridized carbons (Fsp3) is 0.538. The second-order valence-electron chi connectivity index (χ2n) is 4.31. The summed E-state index contributed by atoms with van der Waals surface area (Å²) < 4.78 is 13.8. The average molecular weight is 192 g/mol. The van der Waals surface area contributed by atoms with Crippen molar-refractivity contribution in [2.75, 3.05) is 0 Å². The summed E-state index contributed by atoms with van der Waals surface area (Å²) in [5.74, 6) is 0.503. The van der Waals surface area contributed by atoms with E-state index < -0.39 is 0 Å². The van der Waals surface area contributed by atoms with Crippen molar-refractivity contribution in [1.82, 2.24) is 0 Å². The van der Waals surface area contributed by atoms with Crippen molar-refractivity contribution in [2.24, 2.45) is 0 Å². The Morgan fingerprint density at radius 3 is 2.57 bits per heavy atom. The van der Waals surface area contributed by atoms with E-state index in [4.69, 9.17) is 0 Å². The molecule has 0 N–H and O–H groups in total. The maximum atomic E-state index is 13.8. The molecule has 0 aromatic heterocycles. The van der Waals surface area contributed by atoms with Gasteiger partial charge in [0.2, 0.25) is 0 Å². The van der Waals surface area contributed by atoms with Gasteiger partial charge in [0.05, 0.1) is 0 Å². The molecule has 0 amide bonds.